The molecule has 0 bridgehead atoms. The number of para-hydroxylation sites is 1. The van der Waals surface area contributed by atoms with E-state index in [0.29, 0.717) is 33.0 Å². The van der Waals surface area contributed by atoms with Gasteiger partial charge in [-0.25, -0.2) is 0 Å². The first-order chi connectivity index (χ1) is 13.4. The van der Waals surface area contributed by atoms with E-state index in [1.54, 1.807) is 30.3 Å². The highest BCUT2D eigenvalue weighted by Gasteiger charge is 2.11. The van der Waals surface area contributed by atoms with Crippen LogP contribution >= 0.6 is 23.2 Å². The SMILES string of the molecule is Cc1cc(OCC(=O)Nc2cc(Cl)ccc2Oc2ccccc2)cc(C)c1Cl. The first kappa shape index (κ1) is 20.1. The molecule has 0 aliphatic carbocycles. The molecule has 0 atom stereocenters. The van der Waals surface area contributed by atoms with Gasteiger partial charge in [0.15, 0.2) is 12.4 Å². The molecule has 0 spiro atoms. The van der Waals surface area contributed by atoms with Gasteiger partial charge >= 0.3 is 0 Å². The maximum absolute atomic E-state index is 12.4. The summed E-state index contributed by atoms with van der Waals surface area (Å²) in [6.07, 6.45) is 0. The fraction of sp³-hybridized carbons (Fsp3) is 0.136. The minimum atomic E-state index is -0.328. The van der Waals surface area contributed by atoms with Crippen LogP contribution in [-0.2, 0) is 4.79 Å². The standard InChI is InChI=1S/C22H19Cl2NO3/c1-14-10-18(11-15(2)22(14)24)27-13-21(26)25-19-12-16(23)8-9-20(19)28-17-6-4-3-5-7-17/h3-12H,13H2,1-2H3,(H,25,26). The van der Waals surface area contributed by atoms with Gasteiger partial charge in [0, 0.05) is 10.0 Å². The number of halogens is 2. The Morgan fingerprint density at radius 2 is 1.61 bits per heavy atom. The molecule has 0 radical (unpaired) electrons. The van der Waals surface area contributed by atoms with Crippen LogP contribution in [0.2, 0.25) is 10.0 Å². The molecule has 3 rings (SSSR count). The highest BCUT2D eigenvalue weighted by atomic mass is 35.5. The monoisotopic (exact) mass is 415 g/mol. The summed E-state index contributed by atoms with van der Waals surface area (Å²) in [4.78, 5) is 12.4. The molecule has 0 heterocycles. The Balaban J connectivity index is 1.69. The Hall–Kier alpha value is -2.69. The molecule has 0 saturated heterocycles. The largest absolute Gasteiger partial charge is 0.484 e. The molecule has 0 aromatic heterocycles. The van der Waals surface area contributed by atoms with E-state index >= 15 is 0 Å². The Labute approximate surface area is 174 Å². The number of rotatable bonds is 6. The van der Waals surface area contributed by atoms with E-state index in [4.69, 9.17) is 32.7 Å². The third kappa shape index (κ3) is 5.18. The zero-order chi connectivity index (χ0) is 20.1. The summed E-state index contributed by atoms with van der Waals surface area (Å²) < 4.78 is 11.4. The lowest BCUT2D eigenvalue weighted by Crippen LogP contribution is -2.20. The van der Waals surface area contributed by atoms with Crippen LogP contribution in [0.3, 0.4) is 0 Å². The molecular formula is C22H19Cl2NO3. The molecule has 28 heavy (non-hydrogen) atoms. The second-order valence-electron chi connectivity index (χ2n) is 6.26. The maximum atomic E-state index is 12.4. The van der Waals surface area contributed by atoms with Crippen molar-refractivity contribution >= 4 is 34.8 Å². The lowest BCUT2D eigenvalue weighted by Gasteiger charge is -2.14. The molecule has 0 fully saturated rings. The number of ether oxygens (including phenoxy) is 2. The van der Waals surface area contributed by atoms with Gasteiger partial charge in [-0.05, 0) is 67.4 Å². The summed E-state index contributed by atoms with van der Waals surface area (Å²) in [6.45, 7) is 3.63. The van der Waals surface area contributed by atoms with Crippen LogP contribution in [-0.4, -0.2) is 12.5 Å². The lowest BCUT2D eigenvalue weighted by molar-refractivity contribution is -0.118. The second kappa shape index (κ2) is 9.00. The number of nitrogens with one attached hydrogen (secondary N) is 1. The lowest BCUT2D eigenvalue weighted by atomic mass is 10.1. The van der Waals surface area contributed by atoms with E-state index in [2.05, 4.69) is 5.32 Å². The fourth-order valence-electron chi connectivity index (χ4n) is 2.63. The van der Waals surface area contributed by atoms with Crippen LogP contribution in [0.25, 0.3) is 0 Å². The molecule has 1 amide bonds. The molecule has 3 aromatic rings. The Bertz CT molecular complexity index is 967. The smallest absolute Gasteiger partial charge is 0.262 e. The van der Waals surface area contributed by atoms with Crippen molar-refractivity contribution in [2.75, 3.05) is 11.9 Å². The first-order valence-corrected chi connectivity index (χ1v) is 9.40. The van der Waals surface area contributed by atoms with Crippen molar-refractivity contribution < 1.29 is 14.3 Å². The maximum Gasteiger partial charge on any atom is 0.262 e. The number of hydrogen-bond donors (Lipinski definition) is 1. The molecule has 4 nitrogen and oxygen atoms in total. The molecular weight excluding hydrogens is 397 g/mol. The summed E-state index contributed by atoms with van der Waals surface area (Å²) >= 11 is 12.2. The van der Waals surface area contributed by atoms with E-state index in [1.165, 1.54) is 0 Å². The quantitative estimate of drug-likeness (QED) is 0.505. The van der Waals surface area contributed by atoms with E-state index in [1.807, 2.05) is 44.2 Å². The highest BCUT2D eigenvalue weighted by molar-refractivity contribution is 6.32. The van der Waals surface area contributed by atoms with Crippen molar-refractivity contribution in [1.29, 1.82) is 0 Å². The van der Waals surface area contributed by atoms with Crippen LogP contribution in [0.15, 0.2) is 60.7 Å². The second-order valence-corrected chi connectivity index (χ2v) is 7.08. The molecule has 1 N–H and O–H groups in total. The molecule has 0 saturated carbocycles. The van der Waals surface area contributed by atoms with Gasteiger partial charge in [0.25, 0.3) is 5.91 Å². The van der Waals surface area contributed by atoms with Gasteiger partial charge in [-0.15, -0.1) is 0 Å². The predicted octanol–water partition coefficient (Wildman–Crippen LogP) is 6.42. The van der Waals surface area contributed by atoms with Crippen LogP contribution in [0.4, 0.5) is 5.69 Å². The molecule has 144 valence electrons. The molecule has 0 aliphatic heterocycles. The van der Waals surface area contributed by atoms with Gasteiger partial charge in [-0.2, -0.15) is 0 Å². The third-order valence-corrected chi connectivity index (χ3v) is 4.80. The van der Waals surface area contributed by atoms with E-state index < -0.39 is 0 Å². The number of carbonyl (C=O) groups excluding carboxylic acids is 1. The van der Waals surface area contributed by atoms with E-state index in [0.717, 1.165) is 11.1 Å². The fourth-order valence-corrected chi connectivity index (χ4v) is 2.91. The third-order valence-electron chi connectivity index (χ3n) is 3.97. The van der Waals surface area contributed by atoms with Gasteiger partial charge < -0.3 is 14.8 Å². The Kier molecular flexibility index (Phi) is 6.45. The van der Waals surface area contributed by atoms with Crippen molar-refractivity contribution in [3.63, 3.8) is 0 Å². The highest BCUT2D eigenvalue weighted by Crippen LogP contribution is 2.32. The normalized spacial score (nSPS) is 10.4. The van der Waals surface area contributed by atoms with Crippen LogP contribution in [0.1, 0.15) is 11.1 Å². The van der Waals surface area contributed by atoms with Crippen molar-refractivity contribution in [3.8, 4) is 17.2 Å². The number of benzene rings is 3. The number of anilines is 1. The van der Waals surface area contributed by atoms with Gasteiger partial charge in [0.05, 0.1) is 5.69 Å². The Morgan fingerprint density at radius 3 is 2.29 bits per heavy atom. The minimum absolute atomic E-state index is 0.155. The molecule has 0 unspecified atom stereocenters. The van der Waals surface area contributed by atoms with Crippen molar-refractivity contribution in [2.45, 2.75) is 13.8 Å². The summed E-state index contributed by atoms with van der Waals surface area (Å²) in [5.41, 5.74) is 2.25. The zero-order valence-corrected chi connectivity index (χ0v) is 17.0. The zero-order valence-electron chi connectivity index (χ0n) is 15.5. The number of hydrogen-bond acceptors (Lipinski definition) is 3. The minimum Gasteiger partial charge on any atom is -0.484 e. The van der Waals surface area contributed by atoms with Gasteiger partial charge in [0.2, 0.25) is 0 Å². The topological polar surface area (TPSA) is 47.6 Å². The molecule has 0 aliphatic rings. The van der Waals surface area contributed by atoms with Crippen LogP contribution in [0, 0.1) is 13.8 Å². The summed E-state index contributed by atoms with van der Waals surface area (Å²) in [5.74, 6) is 1.40. The number of carbonyl (C=O) groups is 1. The number of amides is 1. The average molecular weight is 416 g/mol. The number of aryl methyl sites for hydroxylation is 2. The summed E-state index contributed by atoms with van der Waals surface area (Å²) in [6, 6.07) is 17.9. The molecule has 6 heteroatoms. The van der Waals surface area contributed by atoms with Gasteiger partial charge in [0.1, 0.15) is 11.5 Å². The average Bonchev–Trinajstić information content (AvgIpc) is 2.67. The van der Waals surface area contributed by atoms with Gasteiger partial charge in [-0.3, -0.25) is 4.79 Å². The van der Waals surface area contributed by atoms with Crippen LogP contribution in [0.5, 0.6) is 17.2 Å². The van der Waals surface area contributed by atoms with E-state index in [-0.39, 0.29) is 12.5 Å². The molecule has 3 aromatic carbocycles. The first-order valence-electron chi connectivity index (χ1n) is 8.64. The van der Waals surface area contributed by atoms with E-state index in [9.17, 15) is 4.79 Å². The summed E-state index contributed by atoms with van der Waals surface area (Å²) in [5, 5.41) is 3.96. The Morgan fingerprint density at radius 1 is 0.929 bits per heavy atom. The summed E-state index contributed by atoms with van der Waals surface area (Å²) in [7, 11) is 0. The van der Waals surface area contributed by atoms with Crippen LogP contribution < -0.4 is 14.8 Å². The van der Waals surface area contributed by atoms with Crippen molar-refractivity contribution in [1.82, 2.24) is 0 Å². The van der Waals surface area contributed by atoms with Crippen molar-refractivity contribution in [2.24, 2.45) is 0 Å². The predicted molar refractivity (Wildman–Crippen MR) is 113 cm³/mol. The van der Waals surface area contributed by atoms with Gasteiger partial charge in [-0.1, -0.05) is 41.4 Å². The van der Waals surface area contributed by atoms with Crippen molar-refractivity contribution in [3.05, 3.63) is 81.8 Å².